The maximum absolute atomic E-state index is 5.92. The fourth-order valence-corrected chi connectivity index (χ4v) is 2.94. The van der Waals surface area contributed by atoms with E-state index in [1.165, 1.54) is 4.88 Å². The van der Waals surface area contributed by atoms with E-state index in [9.17, 15) is 0 Å². The number of nitrogens with zero attached hydrogens (tertiary/aromatic N) is 3. The second-order valence-electron chi connectivity index (χ2n) is 4.47. The highest BCUT2D eigenvalue weighted by molar-refractivity contribution is 7.15. The first-order valence-electron chi connectivity index (χ1n) is 6.69. The van der Waals surface area contributed by atoms with Crippen LogP contribution in [0.4, 0.5) is 10.8 Å². The summed E-state index contributed by atoms with van der Waals surface area (Å²) < 4.78 is 0. The van der Waals surface area contributed by atoms with Gasteiger partial charge in [0.1, 0.15) is 5.15 Å². The van der Waals surface area contributed by atoms with Crippen molar-refractivity contribution in [3.8, 4) is 0 Å². The van der Waals surface area contributed by atoms with Crippen LogP contribution in [0.15, 0.2) is 18.5 Å². The van der Waals surface area contributed by atoms with Gasteiger partial charge >= 0.3 is 0 Å². The van der Waals surface area contributed by atoms with E-state index < -0.39 is 0 Å². The predicted molar refractivity (Wildman–Crippen MR) is 87.0 cm³/mol. The molecule has 0 fully saturated rings. The van der Waals surface area contributed by atoms with Crippen LogP contribution in [0.25, 0.3) is 0 Å². The van der Waals surface area contributed by atoms with E-state index in [0.717, 1.165) is 36.0 Å². The number of anilines is 2. The number of rotatable bonds is 6. The molecule has 0 aromatic carbocycles. The summed E-state index contributed by atoms with van der Waals surface area (Å²) in [5.74, 6) is 0. The molecule has 2 heterocycles. The maximum atomic E-state index is 5.92. The van der Waals surface area contributed by atoms with E-state index in [2.05, 4.69) is 34.0 Å². The molecule has 2 aromatic heterocycles. The van der Waals surface area contributed by atoms with Crippen molar-refractivity contribution >= 4 is 33.8 Å². The summed E-state index contributed by atoms with van der Waals surface area (Å²) in [5, 5.41) is 4.98. The summed E-state index contributed by atoms with van der Waals surface area (Å²) in [6.07, 6.45) is 3.68. The molecule has 2 rings (SSSR count). The predicted octanol–water partition coefficient (Wildman–Crippen LogP) is 3.96. The van der Waals surface area contributed by atoms with E-state index in [1.54, 1.807) is 17.5 Å². The normalized spacial score (nSPS) is 10.6. The summed E-state index contributed by atoms with van der Waals surface area (Å²) in [5.41, 5.74) is 1.95. The first-order valence-corrected chi connectivity index (χ1v) is 7.89. The Labute approximate surface area is 128 Å². The number of hydrogen-bond donors (Lipinski definition) is 1. The zero-order valence-electron chi connectivity index (χ0n) is 12.0. The third-order valence-corrected chi connectivity index (χ3v) is 4.51. The van der Waals surface area contributed by atoms with Gasteiger partial charge in [-0.05, 0) is 32.4 Å². The second-order valence-corrected chi connectivity index (χ2v) is 5.92. The van der Waals surface area contributed by atoms with Gasteiger partial charge in [-0.25, -0.2) is 9.97 Å². The highest BCUT2D eigenvalue weighted by Gasteiger charge is 2.07. The fraction of sp³-hybridized carbons (Fsp3) is 0.429. The van der Waals surface area contributed by atoms with Crippen LogP contribution in [0.3, 0.4) is 0 Å². The highest BCUT2D eigenvalue weighted by atomic mass is 35.5. The van der Waals surface area contributed by atoms with Gasteiger partial charge in [0.2, 0.25) is 0 Å². The Morgan fingerprint density at radius 2 is 2.00 bits per heavy atom. The lowest BCUT2D eigenvalue weighted by atomic mass is 10.3. The zero-order valence-corrected chi connectivity index (χ0v) is 13.6. The summed E-state index contributed by atoms with van der Waals surface area (Å²) in [7, 11) is 0. The standard InChI is InChI=1S/C14H19ClN4S/c1-4-19(5-2)14-18-9-12(20-14)8-16-11-6-10(3)13(15)17-7-11/h6-7,9,16H,4-5,8H2,1-3H3. The maximum Gasteiger partial charge on any atom is 0.185 e. The molecule has 1 N–H and O–H groups in total. The van der Waals surface area contributed by atoms with Gasteiger partial charge < -0.3 is 10.2 Å². The van der Waals surface area contributed by atoms with Gasteiger partial charge in [0, 0.05) is 24.2 Å². The first kappa shape index (κ1) is 15.1. The molecule has 0 aliphatic heterocycles. The molecular formula is C14H19ClN4S. The monoisotopic (exact) mass is 310 g/mol. The average molecular weight is 311 g/mol. The van der Waals surface area contributed by atoms with Crippen LogP contribution in [0, 0.1) is 6.92 Å². The van der Waals surface area contributed by atoms with Crippen molar-refractivity contribution in [3.63, 3.8) is 0 Å². The zero-order chi connectivity index (χ0) is 14.5. The molecule has 0 amide bonds. The van der Waals surface area contributed by atoms with Crippen molar-refractivity contribution in [1.82, 2.24) is 9.97 Å². The summed E-state index contributed by atoms with van der Waals surface area (Å²) >= 11 is 7.64. The lowest BCUT2D eigenvalue weighted by molar-refractivity contribution is 0.860. The molecule has 6 heteroatoms. The molecular weight excluding hydrogens is 292 g/mol. The topological polar surface area (TPSA) is 41.1 Å². The van der Waals surface area contributed by atoms with Crippen LogP contribution in [0.2, 0.25) is 5.15 Å². The van der Waals surface area contributed by atoms with E-state index in [4.69, 9.17) is 11.6 Å². The number of thiazole rings is 1. The van der Waals surface area contributed by atoms with Crippen LogP contribution >= 0.6 is 22.9 Å². The second kappa shape index (κ2) is 6.90. The SMILES string of the molecule is CCN(CC)c1ncc(CNc2cnc(Cl)c(C)c2)s1. The van der Waals surface area contributed by atoms with Gasteiger partial charge in [0.05, 0.1) is 18.4 Å². The minimum absolute atomic E-state index is 0.553. The smallest absolute Gasteiger partial charge is 0.185 e. The van der Waals surface area contributed by atoms with Crippen molar-refractivity contribution in [2.24, 2.45) is 0 Å². The molecule has 0 saturated carbocycles. The van der Waals surface area contributed by atoms with Gasteiger partial charge in [-0.1, -0.05) is 11.6 Å². The number of aryl methyl sites for hydroxylation is 1. The molecule has 0 aliphatic carbocycles. The lowest BCUT2D eigenvalue weighted by Gasteiger charge is -2.16. The number of pyridine rings is 1. The molecule has 0 aliphatic rings. The van der Waals surface area contributed by atoms with Gasteiger partial charge in [-0.15, -0.1) is 11.3 Å². The summed E-state index contributed by atoms with van der Waals surface area (Å²) in [6.45, 7) is 8.96. The fourth-order valence-electron chi connectivity index (χ4n) is 1.86. The Morgan fingerprint density at radius 3 is 2.65 bits per heavy atom. The van der Waals surface area contributed by atoms with E-state index >= 15 is 0 Å². The Balaban J connectivity index is 1.98. The summed E-state index contributed by atoms with van der Waals surface area (Å²) in [4.78, 5) is 12.1. The molecule has 0 saturated heterocycles. The third kappa shape index (κ3) is 3.61. The van der Waals surface area contributed by atoms with Crippen molar-refractivity contribution in [3.05, 3.63) is 34.1 Å². The van der Waals surface area contributed by atoms with E-state index in [1.807, 2.05) is 19.2 Å². The average Bonchev–Trinajstić information content (AvgIpc) is 2.90. The molecule has 20 heavy (non-hydrogen) atoms. The quantitative estimate of drug-likeness (QED) is 0.820. The van der Waals surface area contributed by atoms with Gasteiger partial charge in [-0.2, -0.15) is 0 Å². The van der Waals surface area contributed by atoms with E-state index in [-0.39, 0.29) is 0 Å². The van der Waals surface area contributed by atoms with Crippen molar-refractivity contribution in [2.45, 2.75) is 27.3 Å². The van der Waals surface area contributed by atoms with E-state index in [0.29, 0.717) is 5.15 Å². The Bertz CT molecular complexity index is 566. The van der Waals surface area contributed by atoms with Crippen molar-refractivity contribution in [2.75, 3.05) is 23.3 Å². The minimum Gasteiger partial charge on any atom is -0.379 e. The first-order chi connectivity index (χ1) is 9.63. The number of halogens is 1. The molecule has 0 atom stereocenters. The molecule has 4 nitrogen and oxygen atoms in total. The molecule has 0 unspecified atom stereocenters. The van der Waals surface area contributed by atoms with Crippen LogP contribution in [0.1, 0.15) is 24.3 Å². The van der Waals surface area contributed by atoms with Crippen LogP contribution in [-0.4, -0.2) is 23.1 Å². The molecule has 0 spiro atoms. The highest BCUT2D eigenvalue weighted by Crippen LogP contribution is 2.23. The van der Waals surface area contributed by atoms with Crippen molar-refractivity contribution < 1.29 is 0 Å². The number of hydrogen-bond acceptors (Lipinski definition) is 5. The molecule has 2 aromatic rings. The van der Waals surface area contributed by atoms with Gasteiger partial charge in [0.25, 0.3) is 0 Å². The summed E-state index contributed by atoms with van der Waals surface area (Å²) in [6, 6.07) is 2.00. The van der Waals surface area contributed by atoms with Crippen LogP contribution in [-0.2, 0) is 6.54 Å². The Kier molecular flexibility index (Phi) is 5.20. The Hall–Kier alpha value is -1.33. The van der Waals surface area contributed by atoms with Gasteiger partial charge in [0.15, 0.2) is 5.13 Å². The van der Waals surface area contributed by atoms with Crippen LogP contribution in [0.5, 0.6) is 0 Å². The molecule has 108 valence electrons. The Morgan fingerprint density at radius 1 is 1.25 bits per heavy atom. The van der Waals surface area contributed by atoms with Gasteiger partial charge in [-0.3, -0.25) is 0 Å². The third-order valence-electron chi connectivity index (χ3n) is 3.06. The molecule has 0 bridgehead atoms. The minimum atomic E-state index is 0.553. The lowest BCUT2D eigenvalue weighted by Crippen LogP contribution is -2.21. The van der Waals surface area contributed by atoms with Crippen molar-refractivity contribution in [1.29, 1.82) is 0 Å². The number of aromatic nitrogens is 2. The van der Waals surface area contributed by atoms with Crippen LogP contribution < -0.4 is 10.2 Å². The number of nitrogens with one attached hydrogen (secondary N) is 1. The molecule has 0 radical (unpaired) electrons. The largest absolute Gasteiger partial charge is 0.379 e.